The number of nitrogens with zero attached hydrogens (tertiary/aromatic N) is 1. The summed E-state index contributed by atoms with van der Waals surface area (Å²) in [6, 6.07) is 4.55. The average molecular weight is 296 g/mol. The van der Waals surface area contributed by atoms with Gasteiger partial charge in [-0.15, -0.1) is 0 Å². The third kappa shape index (κ3) is 2.37. The molecule has 1 heterocycles. The van der Waals surface area contributed by atoms with Crippen molar-refractivity contribution in [2.24, 2.45) is 5.92 Å². The van der Waals surface area contributed by atoms with Gasteiger partial charge in [0.2, 0.25) is 0 Å². The van der Waals surface area contributed by atoms with E-state index in [9.17, 15) is 18.7 Å². The molecular weight excluding hydrogens is 282 g/mol. The topological polar surface area (TPSA) is 82.4 Å². The Hall–Kier alpha value is -2.04. The number of aliphatic carboxylic acids is 1. The van der Waals surface area contributed by atoms with Gasteiger partial charge in [0, 0.05) is 12.5 Å². The van der Waals surface area contributed by atoms with E-state index in [1.807, 2.05) is 0 Å². The van der Waals surface area contributed by atoms with Crippen molar-refractivity contribution < 1.29 is 23.5 Å². The molecule has 0 radical (unpaired) electrons. The van der Waals surface area contributed by atoms with Crippen LogP contribution in [0.3, 0.4) is 0 Å². The number of benzene rings is 1. The van der Waals surface area contributed by atoms with Crippen molar-refractivity contribution in [3.05, 3.63) is 35.4 Å². The molecule has 112 valence electrons. The lowest BCUT2D eigenvalue weighted by atomic mass is 9.74. The highest BCUT2D eigenvalue weighted by Gasteiger charge is 2.57. The van der Waals surface area contributed by atoms with Crippen LogP contribution in [0.4, 0.5) is 8.78 Å². The molecule has 1 saturated heterocycles. The number of carboxylic acid groups (broad SMARTS) is 1. The van der Waals surface area contributed by atoms with Crippen molar-refractivity contribution in [2.75, 3.05) is 0 Å². The molecular formula is C14H14F2N2O3. The van der Waals surface area contributed by atoms with Gasteiger partial charge in [-0.3, -0.25) is 4.84 Å². The monoisotopic (exact) mass is 296 g/mol. The zero-order chi connectivity index (χ0) is 15.8. The molecule has 1 aromatic rings. The summed E-state index contributed by atoms with van der Waals surface area (Å²) < 4.78 is 26.9. The van der Waals surface area contributed by atoms with Gasteiger partial charge in [-0.25, -0.2) is 13.6 Å². The Morgan fingerprint density at radius 1 is 1.43 bits per heavy atom. The molecule has 0 aromatic heterocycles. The fraction of sp³-hybridized carbons (Fsp3) is 0.429. The average Bonchev–Trinajstić information content (AvgIpc) is 2.80. The Labute approximate surface area is 120 Å². The standard InChI is InChI=1S/C14H14F2N2O3/c1-8(2)14(9-3-10(15)5-11(16)4-9)6-13(7-17,12(19)20)21-18-14/h3-5,8,18H,6H2,1-2H3,(H,19,20). The molecule has 2 rings (SSSR count). The van der Waals surface area contributed by atoms with E-state index in [0.29, 0.717) is 0 Å². The van der Waals surface area contributed by atoms with Crippen LogP contribution in [0.2, 0.25) is 0 Å². The van der Waals surface area contributed by atoms with Crippen molar-refractivity contribution in [1.82, 2.24) is 5.48 Å². The number of nitriles is 1. The van der Waals surface area contributed by atoms with Crippen molar-refractivity contribution in [3.63, 3.8) is 0 Å². The van der Waals surface area contributed by atoms with Crippen molar-refractivity contribution in [2.45, 2.75) is 31.4 Å². The summed E-state index contributed by atoms with van der Waals surface area (Å²) in [6.45, 7) is 3.49. The van der Waals surface area contributed by atoms with Gasteiger partial charge in [-0.05, 0) is 23.6 Å². The molecule has 1 aromatic carbocycles. The Bertz CT molecular complexity index is 609. The predicted octanol–water partition coefficient (Wildman–Crippen LogP) is 2.09. The molecule has 1 aliphatic rings. The normalized spacial score (nSPS) is 28.6. The summed E-state index contributed by atoms with van der Waals surface area (Å²) in [5, 5.41) is 18.3. The number of hydroxylamine groups is 1. The van der Waals surface area contributed by atoms with E-state index in [1.165, 1.54) is 0 Å². The SMILES string of the molecule is CC(C)C1(c2cc(F)cc(F)c2)CC(C#N)(C(=O)O)ON1. The minimum absolute atomic E-state index is 0.202. The van der Waals surface area contributed by atoms with Gasteiger partial charge < -0.3 is 5.11 Å². The summed E-state index contributed by atoms with van der Waals surface area (Å²) in [5.74, 6) is -3.28. The first-order chi connectivity index (χ1) is 9.75. The molecule has 21 heavy (non-hydrogen) atoms. The summed E-state index contributed by atoms with van der Waals surface area (Å²) in [5.41, 5.74) is -0.531. The number of rotatable bonds is 3. The van der Waals surface area contributed by atoms with Crippen molar-refractivity contribution >= 4 is 5.97 Å². The lowest BCUT2D eigenvalue weighted by molar-refractivity contribution is -0.158. The maximum Gasteiger partial charge on any atom is 0.353 e. The van der Waals surface area contributed by atoms with Gasteiger partial charge in [-0.2, -0.15) is 10.7 Å². The maximum absolute atomic E-state index is 13.5. The zero-order valence-corrected chi connectivity index (χ0v) is 11.5. The fourth-order valence-corrected chi connectivity index (χ4v) is 2.50. The van der Waals surface area contributed by atoms with Gasteiger partial charge in [0.05, 0.1) is 5.54 Å². The minimum atomic E-state index is -2.09. The van der Waals surface area contributed by atoms with E-state index in [1.54, 1.807) is 19.9 Å². The quantitative estimate of drug-likeness (QED) is 0.892. The summed E-state index contributed by atoms with van der Waals surface area (Å²) in [4.78, 5) is 16.3. The highest BCUT2D eigenvalue weighted by atomic mass is 19.1. The molecule has 5 nitrogen and oxygen atoms in total. The molecule has 1 fully saturated rings. The van der Waals surface area contributed by atoms with Gasteiger partial charge in [0.15, 0.2) is 0 Å². The second-order valence-corrected chi connectivity index (χ2v) is 5.41. The maximum atomic E-state index is 13.5. The third-order valence-corrected chi connectivity index (χ3v) is 3.82. The van der Waals surface area contributed by atoms with Crippen LogP contribution in [0.15, 0.2) is 18.2 Å². The van der Waals surface area contributed by atoms with E-state index in [-0.39, 0.29) is 17.9 Å². The van der Waals surface area contributed by atoms with E-state index < -0.39 is 28.7 Å². The Morgan fingerprint density at radius 2 is 2.00 bits per heavy atom. The second kappa shape index (κ2) is 5.06. The number of carboxylic acids is 1. The third-order valence-electron chi connectivity index (χ3n) is 3.82. The van der Waals surface area contributed by atoms with Crippen LogP contribution >= 0.6 is 0 Å². The van der Waals surface area contributed by atoms with E-state index in [2.05, 4.69) is 5.48 Å². The highest BCUT2D eigenvalue weighted by molar-refractivity contribution is 5.81. The minimum Gasteiger partial charge on any atom is -0.478 e. The largest absolute Gasteiger partial charge is 0.478 e. The molecule has 1 aliphatic heterocycles. The first-order valence-corrected chi connectivity index (χ1v) is 6.32. The number of carbonyl (C=O) groups is 1. The van der Waals surface area contributed by atoms with Crippen LogP contribution in [0.25, 0.3) is 0 Å². The van der Waals surface area contributed by atoms with E-state index in [0.717, 1.165) is 18.2 Å². The molecule has 2 atom stereocenters. The van der Waals surface area contributed by atoms with Crippen LogP contribution < -0.4 is 5.48 Å². The van der Waals surface area contributed by atoms with Crippen LogP contribution in [0.5, 0.6) is 0 Å². The Kier molecular flexibility index (Phi) is 3.70. The lowest BCUT2D eigenvalue weighted by Gasteiger charge is -2.32. The summed E-state index contributed by atoms with van der Waals surface area (Å²) in [6.07, 6.45) is -0.258. The number of hydrogen-bond donors (Lipinski definition) is 2. The number of nitrogens with one attached hydrogen (secondary N) is 1. The first kappa shape index (κ1) is 15.4. The molecule has 2 unspecified atom stereocenters. The molecule has 0 aliphatic carbocycles. The summed E-state index contributed by atoms with van der Waals surface area (Å²) >= 11 is 0. The van der Waals surface area contributed by atoms with Gasteiger partial charge >= 0.3 is 5.97 Å². The van der Waals surface area contributed by atoms with Crippen LogP contribution in [-0.4, -0.2) is 16.7 Å². The zero-order valence-electron chi connectivity index (χ0n) is 11.5. The van der Waals surface area contributed by atoms with Gasteiger partial charge in [0.25, 0.3) is 5.60 Å². The summed E-state index contributed by atoms with van der Waals surface area (Å²) in [7, 11) is 0. The Morgan fingerprint density at radius 3 is 2.38 bits per heavy atom. The highest BCUT2D eigenvalue weighted by Crippen LogP contribution is 2.43. The number of hydrogen-bond acceptors (Lipinski definition) is 4. The molecule has 2 N–H and O–H groups in total. The predicted molar refractivity (Wildman–Crippen MR) is 67.7 cm³/mol. The van der Waals surface area contributed by atoms with Crippen molar-refractivity contribution in [1.29, 1.82) is 5.26 Å². The lowest BCUT2D eigenvalue weighted by Crippen LogP contribution is -2.42. The van der Waals surface area contributed by atoms with Gasteiger partial charge in [-0.1, -0.05) is 13.8 Å². The molecule has 0 spiro atoms. The first-order valence-electron chi connectivity index (χ1n) is 6.32. The van der Waals surface area contributed by atoms with Gasteiger partial charge in [0.1, 0.15) is 17.7 Å². The van der Waals surface area contributed by atoms with E-state index in [4.69, 9.17) is 10.1 Å². The van der Waals surface area contributed by atoms with E-state index >= 15 is 0 Å². The van der Waals surface area contributed by atoms with Crippen LogP contribution in [-0.2, 0) is 15.2 Å². The number of halogens is 2. The second-order valence-electron chi connectivity index (χ2n) is 5.41. The molecule has 7 heteroatoms. The van der Waals surface area contributed by atoms with Crippen LogP contribution in [0, 0.1) is 28.9 Å². The fourth-order valence-electron chi connectivity index (χ4n) is 2.50. The Balaban J connectivity index is 2.55. The smallest absolute Gasteiger partial charge is 0.353 e. The molecule has 0 bridgehead atoms. The van der Waals surface area contributed by atoms with Crippen LogP contribution in [0.1, 0.15) is 25.8 Å². The molecule has 0 saturated carbocycles. The van der Waals surface area contributed by atoms with Crippen molar-refractivity contribution in [3.8, 4) is 6.07 Å². The molecule has 0 amide bonds.